The van der Waals surface area contributed by atoms with Crippen LogP contribution in [0.2, 0.25) is 5.02 Å². The molecule has 0 atom stereocenters. The second-order valence-electron chi connectivity index (χ2n) is 6.32. The van der Waals surface area contributed by atoms with Crippen molar-refractivity contribution in [2.75, 3.05) is 20.3 Å². The van der Waals surface area contributed by atoms with E-state index in [1.807, 2.05) is 0 Å². The van der Waals surface area contributed by atoms with E-state index in [2.05, 4.69) is 10.9 Å². The van der Waals surface area contributed by atoms with E-state index in [1.165, 1.54) is 16.7 Å². The number of hydrogen-bond donors (Lipinski definition) is 0. The number of esters is 1. The molecule has 1 saturated heterocycles. The van der Waals surface area contributed by atoms with Gasteiger partial charge in [0.15, 0.2) is 5.17 Å². The summed E-state index contributed by atoms with van der Waals surface area (Å²) in [6.07, 6.45) is 6.93. The number of carbonyl (C=O) groups is 2. The zero-order chi connectivity index (χ0) is 22.4. The number of thioether (sulfide) groups is 1. The van der Waals surface area contributed by atoms with Gasteiger partial charge >= 0.3 is 5.97 Å². The second-order valence-corrected chi connectivity index (χ2v) is 7.74. The smallest absolute Gasteiger partial charge is 0.338 e. The molecule has 2 aromatic rings. The van der Waals surface area contributed by atoms with Gasteiger partial charge in [-0.05, 0) is 66.7 Å². The number of amidine groups is 1. The fourth-order valence-corrected chi connectivity index (χ4v) is 3.87. The van der Waals surface area contributed by atoms with Crippen LogP contribution in [0.25, 0.3) is 6.08 Å². The maximum absolute atomic E-state index is 12.6. The Morgan fingerprint density at radius 3 is 2.68 bits per heavy atom. The van der Waals surface area contributed by atoms with Crippen molar-refractivity contribution < 1.29 is 19.1 Å². The largest absolute Gasteiger partial charge is 0.479 e. The molecule has 0 saturated carbocycles. The lowest BCUT2D eigenvalue weighted by atomic mass is 10.2. The van der Waals surface area contributed by atoms with Crippen molar-refractivity contribution in [1.29, 1.82) is 0 Å². The van der Waals surface area contributed by atoms with Crippen molar-refractivity contribution in [2.24, 2.45) is 4.99 Å². The molecule has 1 fully saturated rings. The number of aliphatic imine (C=N–C) groups is 1. The highest BCUT2D eigenvalue weighted by Crippen LogP contribution is 2.34. The number of halogens is 1. The van der Waals surface area contributed by atoms with Crippen LogP contribution < -0.4 is 4.74 Å². The van der Waals surface area contributed by atoms with Crippen LogP contribution in [-0.4, -0.2) is 42.2 Å². The van der Waals surface area contributed by atoms with Crippen LogP contribution in [0.15, 0.2) is 52.4 Å². The lowest BCUT2D eigenvalue weighted by molar-refractivity contribution is -0.121. The summed E-state index contributed by atoms with van der Waals surface area (Å²) in [5.41, 5.74) is 1.82. The lowest BCUT2D eigenvalue weighted by Gasteiger charge is -2.07. The van der Waals surface area contributed by atoms with Gasteiger partial charge in [-0.15, -0.1) is 6.42 Å². The fraction of sp³-hybridized carbons (Fsp3) is 0.174. The molecule has 0 bridgehead atoms. The molecule has 0 spiro atoms. The highest BCUT2D eigenvalue weighted by molar-refractivity contribution is 8.18. The molecule has 2 aromatic carbocycles. The zero-order valence-electron chi connectivity index (χ0n) is 16.9. The summed E-state index contributed by atoms with van der Waals surface area (Å²) in [6, 6.07) is 11.9. The number of carbonyl (C=O) groups excluding carboxylic acids is 2. The molecule has 3 rings (SSSR count). The molecule has 0 aromatic heterocycles. The Bertz CT molecular complexity index is 1100. The second kappa shape index (κ2) is 10.2. The first-order valence-electron chi connectivity index (χ1n) is 9.32. The van der Waals surface area contributed by atoms with E-state index in [9.17, 15) is 9.59 Å². The fourth-order valence-electron chi connectivity index (χ4n) is 2.64. The van der Waals surface area contributed by atoms with Crippen molar-refractivity contribution in [3.05, 3.63) is 63.5 Å². The number of likely N-dealkylation sites (N-methyl/N-ethyl adjacent to an activating group) is 1. The predicted octanol–water partition coefficient (Wildman–Crippen LogP) is 4.76. The predicted molar refractivity (Wildman–Crippen MR) is 124 cm³/mol. The number of hydrogen-bond acceptors (Lipinski definition) is 6. The van der Waals surface area contributed by atoms with E-state index in [-0.39, 0.29) is 18.5 Å². The van der Waals surface area contributed by atoms with E-state index < -0.39 is 0 Å². The Morgan fingerprint density at radius 1 is 1.29 bits per heavy atom. The number of terminal acetylenes is 1. The van der Waals surface area contributed by atoms with Gasteiger partial charge in [-0.1, -0.05) is 23.6 Å². The van der Waals surface area contributed by atoms with Crippen LogP contribution in [0.5, 0.6) is 5.75 Å². The van der Waals surface area contributed by atoms with Crippen LogP contribution in [0.1, 0.15) is 22.8 Å². The van der Waals surface area contributed by atoms with Gasteiger partial charge < -0.3 is 9.47 Å². The summed E-state index contributed by atoms with van der Waals surface area (Å²) in [7, 11) is 1.66. The molecule has 31 heavy (non-hydrogen) atoms. The topological polar surface area (TPSA) is 68.2 Å². The summed E-state index contributed by atoms with van der Waals surface area (Å²) in [5.74, 6) is 2.31. The van der Waals surface area contributed by atoms with E-state index in [0.29, 0.717) is 38.7 Å². The minimum absolute atomic E-state index is 0.125. The molecular formula is C23H19ClN2O4S. The Labute approximate surface area is 189 Å². The Hall–Kier alpha value is -3.21. The third-order valence-electron chi connectivity index (χ3n) is 4.17. The van der Waals surface area contributed by atoms with E-state index in [1.54, 1.807) is 62.5 Å². The molecule has 0 radical (unpaired) electrons. The van der Waals surface area contributed by atoms with Gasteiger partial charge in [-0.25, -0.2) is 9.79 Å². The van der Waals surface area contributed by atoms with Gasteiger partial charge in [0, 0.05) is 7.05 Å². The molecule has 158 valence electrons. The summed E-state index contributed by atoms with van der Waals surface area (Å²) in [4.78, 5) is 30.9. The molecule has 1 aliphatic rings. The summed E-state index contributed by atoms with van der Waals surface area (Å²) < 4.78 is 10.3. The first-order chi connectivity index (χ1) is 14.9. The molecule has 1 heterocycles. The first-order valence-corrected chi connectivity index (χ1v) is 10.5. The van der Waals surface area contributed by atoms with E-state index in [4.69, 9.17) is 27.5 Å². The zero-order valence-corrected chi connectivity index (χ0v) is 18.5. The normalized spacial score (nSPS) is 15.9. The van der Waals surface area contributed by atoms with Crippen LogP contribution in [0.3, 0.4) is 0 Å². The number of amides is 1. The highest BCUT2D eigenvalue weighted by Gasteiger charge is 2.30. The summed E-state index contributed by atoms with van der Waals surface area (Å²) in [5, 5.41) is 0.934. The number of rotatable bonds is 6. The summed E-state index contributed by atoms with van der Waals surface area (Å²) in [6.45, 7) is 2.19. The molecule has 0 unspecified atom stereocenters. The van der Waals surface area contributed by atoms with E-state index in [0.717, 1.165) is 5.56 Å². The lowest BCUT2D eigenvalue weighted by Crippen LogP contribution is -2.23. The maximum atomic E-state index is 12.6. The third kappa shape index (κ3) is 5.48. The minimum Gasteiger partial charge on any atom is -0.479 e. The standard InChI is InChI=1S/C23H19ClN2O4S/c1-4-12-30-19-11-6-15(13-18(19)24)14-20-21(27)26(3)23(31-20)25-17-9-7-16(8-10-17)22(28)29-5-2/h1,6-11,13-14H,5,12H2,2-3H3/b20-14-,25-23?. The number of benzene rings is 2. The molecule has 1 aliphatic heterocycles. The molecular weight excluding hydrogens is 436 g/mol. The quantitative estimate of drug-likeness (QED) is 0.357. The number of nitrogens with zero attached hydrogens (tertiary/aromatic N) is 2. The van der Waals surface area contributed by atoms with Crippen LogP contribution in [-0.2, 0) is 9.53 Å². The molecule has 0 N–H and O–H groups in total. The molecule has 8 heteroatoms. The van der Waals surface area contributed by atoms with Gasteiger partial charge in [0.05, 0.1) is 27.8 Å². The van der Waals surface area contributed by atoms with Crippen LogP contribution in [0, 0.1) is 12.3 Å². The van der Waals surface area contributed by atoms with Crippen molar-refractivity contribution in [3.8, 4) is 18.1 Å². The van der Waals surface area contributed by atoms with Crippen LogP contribution in [0.4, 0.5) is 5.69 Å². The average Bonchev–Trinajstić information content (AvgIpc) is 3.01. The molecule has 6 nitrogen and oxygen atoms in total. The third-order valence-corrected chi connectivity index (χ3v) is 5.53. The average molecular weight is 455 g/mol. The van der Waals surface area contributed by atoms with Gasteiger partial charge in [0.2, 0.25) is 0 Å². The van der Waals surface area contributed by atoms with E-state index >= 15 is 0 Å². The van der Waals surface area contributed by atoms with Gasteiger partial charge in [-0.2, -0.15) is 0 Å². The Balaban J connectivity index is 1.78. The Kier molecular flexibility index (Phi) is 7.40. The highest BCUT2D eigenvalue weighted by atomic mass is 35.5. The molecule has 1 amide bonds. The van der Waals surface area contributed by atoms with Gasteiger partial charge in [0.25, 0.3) is 5.91 Å². The van der Waals surface area contributed by atoms with Gasteiger partial charge in [0.1, 0.15) is 12.4 Å². The maximum Gasteiger partial charge on any atom is 0.338 e. The van der Waals surface area contributed by atoms with Crippen molar-refractivity contribution in [2.45, 2.75) is 6.92 Å². The van der Waals surface area contributed by atoms with Crippen molar-refractivity contribution in [1.82, 2.24) is 4.90 Å². The number of ether oxygens (including phenoxy) is 2. The SMILES string of the molecule is C#CCOc1ccc(/C=C2\SC(=Nc3ccc(C(=O)OCC)cc3)N(C)C2=O)cc1Cl. The first kappa shape index (κ1) is 22.5. The minimum atomic E-state index is -0.385. The Morgan fingerprint density at radius 2 is 2.03 bits per heavy atom. The van der Waals surface area contributed by atoms with Crippen molar-refractivity contribution in [3.63, 3.8) is 0 Å². The molecule has 0 aliphatic carbocycles. The van der Waals surface area contributed by atoms with Crippen molar-refractivity contribution >= 4 is 52.2 Å². The van der Waals surface area contributed by atoms with Gasteiger partial charge in [-0.3, -0.25) is 9.69 Å². The summed E-state index contributed by atoms with van der Waals surface area (Å²) >= 11 is 7.48. The van der Waals surface area contributed by atoms with Crippen LogP contribution >= 0.6 is 23.4 Å². The monoisotopic (exact) mass is 454 g/mol.